The van der Waals surface area contributed by atoms with Crippen LogP contribution in [0, 0.1) is 0 Å². The molecule has 2 rings (SSSR count). The summed E-state index contributed by atoms with van der Waals surface area (Å²) >= 11 is 0. The predicted octanol–water partition coefficient (Wildman–Crippen LogP) is 2.55. The van der Waals surface area contributed by atoms with Crippen molar-refractivity contribution in [2.45, 2.75) is 38.1 Å². The van der Waals surface area contributed by atoms with Crippen LogP contribution in [0.25, 0.3) is 0 Å². The number of methoxy groups -OCH3 is 1. The first-order valence-electron chi connectivity index (χ1n) is 7.24. The van der Waals surface area contributed by atoms with E-state index in [-0.39, 0.29) is 5.91 Å². The SMILES string of the molecule is CCCC1(C(=O)O)CCCN1C(=O)c1cccc(OC)c1. The Morgan fingerprint density at radius 2 is 2.19 bits per heavy atom. The van der Waals surface area contributed by atoms with E-state index >= 15 is 0 Å². The van der Waals surface area contributed by atoms with Gasteiger partial charge in [0.05, 0.1) is 7.11 Å². The number of hydrogen-bond donors (Lipinski definition) is 1. The number of aliphatic carboxylic acids is 1. The normalized spacial score (nSPS) is 21.3. The van der Waals surface area contributed by atoms with Gasteiger partial charge < -0.3 is 14.7 Å². The van der Waals surface area contributed by atoms with Gasteiger partial charge in [-0.25, -0.2) is 4.79 Å². The molecule has 1 aromatic rings. The molecule has 0 aromatic heterocycles. The zero-order valence-corrected chi connectivity index (χ0v) is 12.5. The standard InChI is InChI=1S/C16H21NO4/c1-3-8-16(15(19)20)9-5-10-17(16)14(18)12-6-4-7-13(11-12)21-2/h4,6-7,11H,3,5,8-10H2,1-2H3,(H,19,20). The van der Waals surface area contributed by atoms with E-state index < -0.39 is 11.5 Å². The fourth-order valence-corrected chi connectivity index (χ4v) is 3.09. The molecule has 0 bridgehead atoms. The Balaban J connectivity index is 2.34. The number of nitrogens with zero attached hydrogens (tertiary/aromatic N) is 1. The van der Waals surface area contributed by atoms with Crippen LogP contribution in [0.2, 0.25) is 0 Å². The molecular formula is C16H21NO4. The Morgan fingerprint density at radius 1 is 1.43 bits per heavy atom. The van der Waals surface area contributed by atoms with E-state index in [0.29, 0.717) is 30.7 Å². The van der Waals surface area contributed by atoms with Crippen LogP contribution in [0.4, 0.5) is 0 Å². The van der Waals surface area contributed by atoms with Crippen molar-refractivity contribution < 1.29 is 19.4 Å². The summed E-state index contributed by atoms with van der Waals surface area (Å²) < 4.78 is 5.13. The van der Waals surface area contributed by atoms with Crippen LogP contribution in [-0.4, -0.2) is 41.1 Å². The number of hydrogen-bond acceptors (Lipinski definition) is 3. The number of carboxylic acid groups (broad SMARTS) is 1. The summed E-state index contributed by atoms with van der Waals surface area (Å²) in [7, 11) is 1.54. The van der Waals surface area contributed by atoms with Crippen molar-refractivity contribution >= 4 is 11.9 Å². The number of likely N-dealkylation sites (tertiary alicyclic amines) is 1. The molecule has 1 unspecified atom stereocenters. The van der Waals surface area contributed by atoms with E-state index in [1.165, 1.54) is 12.0 Å². The van der Waals surface area contributed by atoms with Gasteiger partial charge in [0.2, 0.25) is 0 Å². The zero-order chi connectivity index (χ0) is 15.5. The van der Waals surface area contributed by atoms with Crippen molar-refractivity contribution in [1.29, 1.82) is 0 Å². The van der Waals surface area contributed by atoms with E-state index in [0.717, 1.165) is 12.8 Å². The Hall–Kier alpha value is -2.04. The number of ether oxygens (including phenoxy) is 1. The predicted molar refractivity (Wildman–Crippen MR) is 78.5 cm³/mol. The van der Waals surface area contributed by atoms with Crippen LogP contribution < -0.4 is 4.74 Å². The molecule has 0 aliphatic carbocycles. The van der Waals surface area contributed by atoms with Crippen molar-refractivity contribution in [3.63, 3.8) is 0 Å². The topological polar surface area (TPSA) is 66.8 Å². The van der Waals surface area contributed by atoms with E-state index in [4.69, 9.17) is 4.74 Å². The lowest BCUT2D eigenvalue weighted by molar-refractivity contribution is -0.148. The maximum absolute atomic E-state index is 12.7. The number of rotatable bonds is 5. The molecule has 1 heterocycles. The highest BCUT2D eigenvalue weighted by molar-refractivity contribution is 5.98. The van der Waals surface area contributed by atoms with Crippen LogP contribution in [-0.2, 0) is 4.79 Å². The van der Waals surface area contributed by atoms with E-state index in [9.17, 15) is 14.7 Å². The monoisotopic (exact) mass is 291 g/mol. The molecule has 1 fully saturated rings. The Kier molecular flexibility index (Phi) is 4.50. The number of amides is 1. The van der Waals surface area contributed by atoms with Gasteiger partial charge in [-0.15, -0.1) is 0 Å². The molecule has 5 heteroatoms. The average molecular weight is 291 g/mol. The highest BCUT2D eigenvalue weighted by atomic mass is 16.5. The summed E-state index contributed by atoms with van der Waals surface area (Å²) in [6.45, 7) is 2.43. The zero-order valence-electron chi connectivity index (χ0n) is 12.5. The van der Waals surface area contributed by atoms with Gasteiger partial charge in [-0.3, -0.25) is 4.79 Å². The third-order valence-corrected chi connectivity index (χ3v) is 4.11. The Labute approximate surface area is 124 Å². The van der Waals surface area contributed by atoms with Crippen molar-refractivity contribution in [1.82, 2.24) is 4.90 Å². The molecule has 5 nitrogen and oxygen atoms in total. The van der Waals surface area contributed by atoms with E-state index in [2.05, 4.69) is 0 Å². The third kappa shape index (κ3) is 2.73. The minimum Gasteiger partial charge on any atom is -0.497 e. The van der Waals surface area contributed by atoms with Crippen LogP contribution >= 0.6 is 0 Å². The lowest BCUT2D eigenvalue weighted by Crippen LogP contribution is -2.53. The minimum atomic E-state index is -1.06. The number of carboxylic acids is 1. The molecule has 0 saturated carbocycles. The summed E-state index contributed by atoms with van der Waals surface area (Å²) in [5.74, 6) is -0.545. The molecule has 0 spiro atoms. The number of carbonyl (C=O) groups excluding carboxylic acids is 1. The quantitative estimate of drug-likeness (QED) is 0.905. The maximum Gasteiger partial charge on any atom is 0.329 e. The Bertz CT molecular complexity index is 543. The minimum absolute atomic E-state index is 0.234. The lowest BCUT2D eigenvalue weighted by Gasteiger charge is -2.34. The molecule has 114 valence electrons. The largest absolute Gasteiger partial charge is 0.497 e. The fraction of sp³-hybridized carbons (Fsp3) is 0.500. The summed E-state index contributed by atoms with van der Waals surface area (Å²) in [5.41, 5.74) is -0.590. The number of benzene rings is 1. The first-order valence-corrected chi connectivity index (χ1v) is 7.24. The molecule has 1 N–H and O–H groups in total. The van der Waals surface area contributed by atoms with Gasteiger partial charge in [0.25, 0.3) is 5.91 Å². The van der Waals surface area contributed by atoms with Crippen molar-refractivity contribution in [3.8, 4) is 5.75 Å². The van der Waals surface area contributed by atoms with Crippen molar-refractivity contribution in [2.24, 2.45) is 0 Å². The third-order valence-electron chi connectivity index (χ3n) is 4.11. The molecule has 1 aliphatic heterocycles. The second-order valence-electron chi connectivity index (χ2n) is 5.38. The summed E-state index contributed by atoms with van der Waals surface area (Å²) in [6.07, 6.45) is 2.46. The van der Waals surface area contributed by atoms with Gasteiger partial charge in [0, 0.05) is 12.1 Å². The van der Waals surface area contributed by atoms with E-state index in [1.54, 1.807) is 24.3 Å². The second kappa shape index (κ2) is 6.16. The van der Waals surface area contributed by atoms with Gasteiger partial charge in [-0.1, -0.05) is 19.4 Å². The second-order valence-corrected chi connectivity index (χ2v) is 5.38. The summed E-state index contributed by atoms with van der Waals surface area (Å²) in [6, 6.07) is 6.85. The molecule has 1 saturated heterocycles. The van der Waals surface area contributed by atoms with Crippen LogP contribution in [0.1, 0.15) is 43.0 Å². The van der Waals surface area contributed by atoms with Gasteiger partial charge in [-0.2, -0.15) is 0 Å². The average Bonchev–Trinajstić information content (AvgIpc) is 2.92. The summed E-state index contributed by atoms with van der Waals surface area (Å²) in [4.78, 5) is 26.0. The molecule has 1 aliphatic rings. The van der Waals surface area contributed by atoms with Crippen LogP contribution in [0.5, 0.6) is 5.75 Å². The Morgan fingerprint density at radius 3 is 2.81 bits per heavy atom. The van der Waals surface area contributed by atoms with Gasteiger partial charge >= 0.3 is 5.97 Å². The molecule has 1 atom stereocenters. The van der Waals surface area contributed by atoms with Gasteiger partial charge in [0.1, 0.15) is 11.3 Å². The molecule has 0 radical (unpaired) electrons. The molecule has 1 aromatic carbocycles. The molecular weight excluding hydrogens is 270 g/mol. The van der Waals surface area contributed by atoms with Crippen LogP contribution in [0.3, 0.4) is 0 Å². The van der Waals surface area contributed by atoms with Gasteiger partial charge in [0.15, 0.2) is 0 Å². The fourth-order valence-electron chi connectivity index (χ4n) is 3.09. The molecule has 21 heavy (non-hydrogen) atoms. The molecule has 1 amide bonds. The van der Waals surface area contributed by atoms with Crippen molar-refractivity contribution in [3.05, 3.63) is 29.8 Å². The highest BCUT2D eigenvalue weighted by Gasteiger charge is 2.49. The summed E-state index contributed by atoms with van der Waals surface area (Å²) in [5, 5.41) is 9.64. The van der Waals surface area contributed by atoms with Crippen molar-refractivity contribution in [2.75, 3.05) is 13.7 Å². The van der Waals surface area contributed by atoms with E-state index in [1.807, 2.05) is 6.92 Å². The van der Waals surface area contributed by atoms with Gasteiger partial charge in [-0.05, 0) is 37.5 Å². The van der Waals surface area contributed by atoms with Crippen LogP contribution in [0.15, 0.2) is 24.3 Å². The lowest BCUT2D eigenvalue weighted by atomic mass is 9.90. The number of carbonyl (C=O) groups is 2. The smallest absolute Gasteiger partial charge is 0.329 e. The highest BCUT2D eigenvalue weighted by Crippen LogP contribution is 2.35. The maximum atomic E-state index is 12.7. The first-order chi connectivity index (χ1) is 10.0. The first kappa shape index (κ1) is 15.4.